The largest absolute Gasteiger partial charge is 0.511 e. The number of ether oxygens (including phenoxy) is 2. The SMILES string of the molecule is CBr.CN1C2CCCC1C(OC(=O)OC1(O)c3ccccc3-c3ccccc31)C2. The Bertz CT molecular complexity index is 856. The Hall–Kier alpha value is -1.89. The molecule has 0 aromatic heterocycles. The summed E-state index contributed by atoms with van der Waals surface area (Å²) in [7, 11) is 2.10. The van der Waals surface area contributed by atoms with Crippen LogP contribution in [0.25, 0.3) is 11.1 Å². The molecule has 2 fully saturated rings. The van der Waals surface area contributed by atoms with Crippen LogP contribution in [0.1, 0.15) is 36.8 Å². The number of rotatable bonds is 2. The number of halogens is 1. The van der Waals surface area contributed by atoms with Crippen LogP contribution in [0.2, 0.25) is 0 Å². The van der Waals surface area contributed by atoms with E-state index in [1.54, 1.807) is 12.1 Å². The Morgan fingerprint density at radius 3 is 2.24 bits per heavy atom. The van der Waals surface area contributed by atoms with Crippen molar-refractivity contribution in [3.05, 3.63) is 59.7 Å². The van der Waals surface area contributed by atoms with Crippen LogP contribution < -0.4 is 0 Å². The van der Waals surface area contributed by atoms with Crippen molar-refractivity contribution < 1.29 is 19.4 Å². The molecule has 29 heavy (non-hydrogen) atoms. The number of alkyl halides is 1. The van der Waals surface area contributed by atoms with E-state index in [-0.39, 0.29) is 12.1 Å². The van der Waals surface area contributed by atoms with Crippen molar-refractivity contribution in [2.45, 2.75) is 49.7 Å². The third-order valence-corrected chi connectivity index (χ3v) is 6.42. The Balaban J connectivity index is 0.000000994. The lowest BCUT2D eigenvalue weighted by atomic mass is 10.0. The van der Waals surface area contributed by atoms with E-state index in [9.17, 15) is 9.90 Å². The molecule has 6 heteroatoms. The number of benzene rings is 2. The van der Waals surface area contributed by atoms with E-state index < -0.39 is 11.9 Å². The van der Waals surface area contributed by atoms with E-state index in [1.165, 1.54) is 6.42 Å². The zero-order chi connectivity index (χ0) is 20.6. The predicted octanol–water partition coefficient (Wildman–Crippen LogP) is 4.65. The Morgan fingerprint density at radius 1 is 1.07 bits per heavy atom. The van der Waals surface area contributed by atoms with Crippen molar-refractivity contribution in [2.75, 3.05) is 12.9 Å². The molecule has 2 heterocycles. The molecule has 2 bridgehead atoms. The van der Waals surface area contributed by atoms with Crippen molar-refractivity contribution in [1.82, 2.24) is 4.90 Å². The fourth-order valence-electron chi connectivity index (χ4n) is 5.08. The van der Waals surface area contributed by atoms with E-state index in [0.29, 0.717) is 17.2 Å². The number of hydrogen-bond acceptors (Lipinski definition) is 5. The average Bonchev–Trinajstić information content (AvgIpc) is 3.05. The molecule has 5 rings (SSSR count). The Kier molecular flexibility index (Phi) is 5.69. The molecule has 154 valence electrons. The topological polar surface area (TPSA) is 59.0 Å². The molecular formula is C23H26BrNO4. The molecule has 2 aromatic rings. The lowest BCUT2D eigenvalue weighted by molar-refractivity contribution is -0.156. The highest BCUT2D eigenvalue weighted by Gasteiger charge is 2.48. The second kappa shape index (κ2) is 8.09. The smallest absolute Gasteiger partial charge is 0.429 e. The number of hydrogen-bond donors (Lipinski definition) is 1. The molecule has 0 amide bonds. The molecule has 3 aliphatic rings. The summed E-state index contributed by atoms with van der Waals surface area (Å²) in [6.07, 6.45) is 3.19. The van der Waals surface area contributed by atoms with Gasteiger partial charge in [0.05, 0.1) is 0 Å². The molecule has 0 radical (unpaired) electrons. The summed E-state index contributed by atoms with van der Waals surface area (Å²) in [6.45, 7) is 0. The fraction of sp³-hybridized carbons (Fsp3) is 0.435. The third-order valence-electron chi connectivity index (χ3n) is 6.42. The first-order valence-electron chi connectivity index (χ1n) is 9.99. The molecular weight excluding hydrogens is 434 g/mol. The Labute approximate surface area is 179 Å². The van der Waals surface area contributed by atoms with Gasteiger partial charge in [0.15, 0.2) is 0 Å². The first-order valence-corrected chi connectivity index (χ1v) is 11.6. The maximum absolute atomic E-state index is 12.7. The highest BCUT2D eigenvalue weighted by molar-refractivity contribution is 9.08. The van der Waals surface area contributed by atoms with Crippen molar-refractivity contribution in [2.24, 2.45) is 0 Å². The molecule has 0 spiro atoms. The third kappa shape index (κ3) is 3.37. The van der Waals surface area contributed by atoms with Crippen LogP contribution in [0, 0.1) is 0 Å². The fourth-order valence-corrected chi connectivity index (χ4v) is 5.08. The van der Waals surface area contributed by atoms with Gasteiger partial charge in [-0.2, -0.15) is 0 Å². The molecule has 1 N–H and O–H groups in total. The van der Waals surface area contributed by atoms with Crippen LogP contribution in [0.15, 0.2) is 48.5 Å². The molecule has 2 saturated heterocycles. The monoisotopic (exact) mass is 459 g/mol. The van der Waals surface area contributed by atoms with Crippen LogP contribution in [0.5, 0.6) is 0 Å². The first kappa shape index (κ1) is 20.4. The van der Waals surface area contributed by atoms with E-state index in [4.69, 9.17) is 9.47 Å². The highest BCUT2D eigenvalue weighted by Crippen LogP contribution is 2.48. The Morgan fingerprint density at radius 2 is 1.66 bits per heavy atom. The van der Waals surface area contributed by atoms with Gasteiger partial charge in [-0.05, 0) is 36.8 Å². The van der Waals surface area contributed by atoms with Crippen LogP contribution >= 0.6 is 15.9 Å². The van der Waals surface area contributed by atoms with Crippen molar-refractivity contribution >= 4 is 22.1 Å². The number of carbonyl (C=O) groups is 1. The number of aliphatic hydroxyl groups is 1. The van der Waals surface area contributed by atoms with E-state index in [0.717, 1.165) is 30.4 Å². The average molecular weight is 460 g/mol. The summed E-state index contributed by atoms with van der Waals surface area (Å²) >= 11 is 2.94. The number of piperidine rings is 1. The molecule has 2 aromatic carbocycles. The minimum absolute atomic E-state index is 0.175. The second-order valence-corrected chi connectivity index (χ2v) is 7.80. The van der Waals surface area contributed by atoms with Crippen LogP contribution in [-0.4, -0.2) is 47.2 Å². The standard InChI is InChI=1S/C22H23NO4.CH3Br/c1-23-14-7-6-12-19(23)20(13-14)26-21(24)27-22(25)17-10-4-2-8-15(17)16-9-3-5-11-18(16)22;1-2/h2-5,8-11,14,19-20,25H,6-7,12-13H2,1H3;1H3. The first-order chi connectivity index (χ1) is 14.1. The lowest BCUT2D eigenvalue weighted by Crippen LogP contribution is -2.40. The normalized spacial score (nSPS) is 26.0. The van der Waals surface area contributed by atoms with Crippen molar-refractivity contribution in [1.29, 1.82) is 0 Å². The molecule has 0 saturated carbocycles. The van der Waals surface area contributed by atoms with Crippen LogP contribution in [0.3, 0.4) is 0 Å². The molecule has 3 unspecified atom stereocenters. The minimum Gasteiger partial charge on any atom is -0.429 e. The van der Waals surface area contributed by atoms with Gasteiger partial charge >= 0.3 is 6.16 Å². The van der Waals surface area contributed by atoms with Crippen LogP contribution in [-0.2, 0) is 15.3 Å². The molecule has 2 aliphatic heterocycles. The van der Waals surface area contributed by atoms with Crippen molar-refractivity contribution in [3.63, 3.8) is 0 Å². The summed E-state index contributed by atoms with van der Waals surface area (Å²) < 4.78 is 11.3. The summed E-state index contributed by atoms with van der Waals surface area (Å²) in [5.74, 6) is -0.00312. The minimum atomic E-state index is -1.82. The number of carbonyl (C=O) groups excluding carboxylic acids is 1. The number of likely N-dealkylation sites (N-methyl/N-ethyl adjacent to an activating group) is 1. The molecule has 5 nitrogen and oxygen atoms in total. The number of nitrogens with zero attached hydrogens (tertiary/aromatic N) is 1. The van der Waals surface area contributed by atoms with Gasteiger partial charge in [-0.25, -0.2) is 4.79 Å². The van der Waals surface area contributed by atoms with Gasteiger partial charge in [-0.15, -0.1) is 0 Å². The van der Waals surface area contributed by atoms with Gasteiger partial charge in [0.25, 0.3) is 5.79 Å². The van der Waals surface area contributed by atoms with Gasteiger partial charge in [0.2, 0.25) is 0 Å². The predicted molar refractivity (Wildman–Crippen MR) is 115 cm³/mol. The van der Waals surface area contributed by atoms with E-state index in [1.807, 2.05) is 42.2 Å². The quantitative estimate of drug-likeness (QED) is 0.402. The maximum atomic E-state index is 12.7. The maximum Gasteiger partial charge on any atom is 0.511 e. The van der Waals surface area contributed by atoms with Gasteiger partial charge in [-0.1, -0.05) is 70.9 Å². The highest BCUT2D eigenvalue weighted by atomic mass is 79.9. The zero-order valence-corrected chi connectivity index (χ0v) is 18.3. The summed E-state index contributed by atoms with van der Waals surface area (Å²) in [6, 6.07) is 15.6. The molecule has 1 aliphatic carbocycles. The number of fused-ring (bicyclic) bond motifs is 5. The van der Waals surface area contributed by atoms with Gasteiger partial charge < -0.3 is 14.6 Å². The summed E-state index contributed by atoms with van der Waals surface area (Å²) in [4.78, 5) is 15.0. The van der Waals surface area contributed by atoms with Crippen molar-refractivity contribution in [3.8, 4) is 11.1 Å². The van der Waals surface area contributed by atoms with Crippen LogP contribution in [0.4, 0.5) is 4.79 Å². The van der Waals surface area contributed by atoms with Gasteiger partial charge in [0.1, 0.15) is 6.10 Å². The van der Waals surface area contributed by atoms with Gasteiger partial charge in [-0.3, -0.25) is 4.90 Å². The lowest BCUT2D eigenvalue weighted by Gasteiger charge is -2.32. The molecule has 3 atom stereocenters. The van der Waals surface area contributed by atoms with E-state index >= 15 is 0 Å². The van der Waals surface area contributed by atoms with Gasteiger partial charge in [0, 0.05) is 29.6 Å². The zero-order valence-electron chi connectivity index (χ0n) is 16.7. The second-order valence-electron chi connectivity index (χ2n) is 7.80. The summed E-state index contributed by atoms with van der Waals surface area (Å²) in [5, 5.41) is 11.3. The summed E-state index contributed by atoms with van der Waals surface area (Å²) in [5.41, 5.74) is 2.90. The van der Waals surface area contributed by atoms with E-state index in [2.05, 4.69) is 27.9 Å².